The molecule has 0 saturated heterocycles. The number of nitrogens with one attached hydrogen (secondary N) is 2. The van der Waals surface area contributed by atoms with Crippen LogP contribution in [-0.4, -0.2) is 43.0 Å². The van der Waals surface area contributed by atoms with Crippen LogP contribution >= 0.6 is 0 Å². The lowest BCUT2D eigenvalue weighted by molar-refractivity contribution is 0.0946. The van der Waals surface area contributed by atoms with Crippen LogP contribution in [0.1, 0.15) is 16.1 Å². The average Bonchev–Trinajstić information content (AvgIpc) is 2.47. The van der Waals surface area contributed by atoms with Crippen LogP contribution in [-0.2, 0) is 0 Å². The van der Waals surface area contributed by atoms with Crippen molar-refractivity contribution in [3.05, 3.63) is 53.9 Å². The van der Waals surface area contributed by atoms with Gasteiger partial charge in [-0.15, -0.1) is 0 Å². The van der Waals surface area contributed by atoms with E-state index in [0.29, 0.717) is 12.2 Å². The van der Waals surface area contributed by atoms with Gasteiger partial charge in [-0.25, -0.2) is 0 Å². The second-order valence-electron chi connectivity index (χ2n) is 5.48. The predicted octanol–water partition coefficient (Wildman–Crippen LogP) is 2.43. The Labute approximate surface area is 131 Å². The number of anilines is 2. The number of nitrogens with zero attached hydrogens (tertiary/aromatic N) is 2. The van der Waals surface area contributed by atoms with Crippen LogP contribution in [0, 0.1) is 6.92 Å². The highest BCUT2D eigenvalue weighted by molar-refractivity contribution is 5.93. The quantitative estimate of drug-likeness (QED) is 0.860. The van der Waals surface area contributed by atoms with Crippen molar-refractivity contribution in [2.75, 3.05) is 32.5 Å². The van der Waals surface area contributed by atoms with Crippen LogP contribution in [0.4, 0.5) is 11.4 Å². The molecule has 116 valence electrons. The minimum atomic E-state index is -0.158. The lowest BCUT2D eigenvalue weighted by atomic mass is 10.2. The summed E-state index contributed by atoms with van der Waals surface area (Å²) in [5, 5.41) is 6.15. The summed E-state index contributed by atoms with van der Waals surface area (Å²) >= 11 is 0. The molecule has 0 atom stereocenters. The lowest BCUT2D eigenvalue weighted by Gasteiger charge is -2.11. The summed E-state index contributed by atoms with van der Waals surface area (Å²) in [6.45, 7) is 3.44. The van der Waals surface area contributed by atoms with Gasteiger partial charge in [0.05, 0.1) is 0 Å². The van der Waals surface area contributed by atoms with Crippen LogP contribution in [0.25, 0.3) is 0 Å². The summed E-state index contributed by atoms with van der Waals surface area (Å²) in [4.78, 5) is 18.2. The third-order valence-corrected chi connectivity index (χ3v) is 3.14. The molecule has 0 saturated carbocycles. The maximum Gasteiger partial charge on any atom is 0.269 e. The van der Waals surface area contributed by atoms with E-state index in [-0.39, 0.29) is 5.91 Å². The van der Waals surface area contributed by atoms with Gasteiger partial charge in [0.2, 0.25) is 0 Å². The van der Waals surface area contributed by atoms with E-state index in [1.54, 1.807) is 12.3 Å². The van der Waals surface area contributed by atoms with E-state index >= 15 is 0 Å². The first-order valence-electron chi connectivity index (χ1n) is 7.27. The first-order chi connectivity index (χ1) is 10.5. The van der Waals surface area contributed by atoms with E-state index in [2.05, 4.69) is 21.7 Å². The number of benzene rings is 1. The summed E-state index contributed by atoms with van der Waals surface area (Å²) in [6, 6.07) is 11.7. The van der Waals surface area contributed by atoms with Gasteiger partial charge in [-0.05, 0) is 50.8 Å². The molecule has 2 N–H and O–H groups in total. The molecule has 22 heavy (non-hydrogen) atoms. The fourth-order valence-electron chi connectivity index (χ4n) is 2.01. The molecule has 0 bridgehead atoms. The van der Waals surface area contributed by atoms with E-state index < -0.39 is 0 Å². The minimum Gasteiger partial charge on any atom is -0.355 e. The van der Waals surface area contributed by atoms with Gasteiger partial charge in [-0.3, -0.25) is 9.78 Å². The number of carbonyl (C=O) groups is 1. The molecule has 5 nitrogen and oxygen atoms in total. The maximum atomic E-state index is 12.1. The number of pyridine rings is 1. The van der Waals surface area contributed by atoms with Gasteiger partial charge in [-0.2, -0.15) is 0 Å². The molecular weight excluding hydrogens is 276 g/mol. The Morgan fingerprint density at radius 1 is 1.18 bits per heavy atom. The summed E-state index contributed by atoms with van der Waals surface area (Å²) < 4.78 is 0. The molecule has 0 aliphatic heterocycles. The van der Waals surface area contributed by atoms with Crippen LogP contribution in [0.5, 0.6) is 0 Å². The van der Waals surface area contributed by atoms with Crippen molar-refractivity contribution in [2.24, 2.45) is 0 Å². The predicted molar refractivity (Wildman–Crippen MR) is 89.6 cm³/mol. The normalized spacial score (nSPS) is 10.5. The third kappa shape index (κ3) is 4.86. The number of aryl methyl sites for hydroxylation is 1. The van der Waals surface area contributed by atoms with Crippen LogP contribution < -0.4 is 10.6 Å². The molecule has 0 radical (unpaired) electrons. The molecular formula is C17H22N4O. The van der Waals surface area contributed by atoms with Crippen molar-refractivity contribution >= 4 is 17.3 Å². The SMILES string of the molecule is Cc1cccc(Nc2ccnc(C(=O)NCCN(C)C)c2)c1. The molecule has 2 rings (SSSR count). The van der Waals surface area contributed by atoms with E-state index in [9.17, 15) is 4.79 Å². The van der Waals surface area contributed by atoms with Gasteiger partial charge in [-0.1, -0.05) is 12.1 Å². The van der Waals surface area contributed by atoms with E-state index in [1.807, 2.05) is 50.2 Å². The Balaban J connectivity index is 2.01. The minimum absolute atomic E-state index is 0.158. The van der Waals surface area contributed by atoms with Crippen LogP contribution in [0.3, 0.4) is 0 Å². The van der Waals surface area contributed by atoms with Gasteiger partial charge in [0.15, 0.2) is 0 Å². The van der Waals surface area contributed by atoms with Gasteiger partial charge in [0.25, 0.3) is 5.91 Å². The molecule has 1 amide bonds. The van der Waals surface area contributed by atoms with E-state index in [1.165, 1.54) is 5.56 Å². The summed E-state index contributed by atoms with van der Waals surface area (Å²) in [5.74, 6) is -0.158. The van der Waals surface area contributed by atoms with Crippen molar-refractivity contribution in [2.45, 2.75) is 6.92 Å². The van der Waals surface area contributed by atoms with Crippen molar-refractivity contribution < 1.29 is 4.79 Å². The molecule has 1 heterocycles. The Bertz CT molecular complexity index is 640. The van der Waals surface area contributed by atoms with Crippen molar-refractivity contribution in [3.63, 3.8) is 0 Å². The van der Waals surface area contributed by atoms with Gasteiger partial charge < -0.3 is 15.5 Å². The monoisotopic (exact) mass is 298 g/mol. The van der Waals surface area contributed by atoms with Gasteiger partial charge >= 0.3 is 0 Å². The van der Waals surface area contributed by atoms with Crippen LogP contribution in [0.15, 0.2) is 42.6 Å². The average molecular weight is 298 g/mol. The molecule has 1 aromatic carbocycles. The Hall–Kier alpha value is -2.40. The zero-order chi connectivity index (χ0) is 15.9. The number of hydrogen-bond acceptors (Lipinski definition) is 4. The Morgan fingerprint density at radius 3 is 2.68 bits per heavy atom. The lowest BCUT2D eigenvalue weighted by Crippen LogP contribution is -2.31. The smallest absolute Gasteiger partial charge is 0.269 e. The first kappa shape index (κ1) is 16.0. The molecule has 0 unspecified atom stereocenters. The second kappa shape index (κ2) is 7.56. The Kier molecular flexibility index (Phi) is 5.49. The fraction of sp³-hybridized carbons (Fsp3) is 0.294. The molecule has 0 aliphatic rings. The molecule has 5 heteroatoms. The van der Waals surface area contributed by atoms with Gasteiger partial charge in [0, 0.05) is 30.7 Å². The number of carbonyl (C=O) groups excluding carboxylic acids is 1. The molecule has 0 spiro atoms. The molecule has 0 fully saturated rings. The number of rotatable bonds is 6. The highest BCUT2D eigenvalue weighted by Gasteiger charge is 2.07. The fourth-order valence-corrected chi connectivity index (χ4v) is 2.01. The summed E-state index contributed by atoms with van der Waals surface area (Å²) in [6.07, 6.45) is 1.64. The van der Waals surface area contributed by atoms with E-state index in [4.69, 9.17) is 0 Å². The molecule has 0 aliphatic carbocycles. The number of aromatic nitrogens is 1. The van der Waals surface area contributed by atoms with Crippen LogP contribution in [0.2, 0.25) is 0 Å². The van der Waals surface area contributed by atoms with E-state index in [0.717, 1.165) is 17.9 Å². The highest BCUT2D eigenvalue weighted by Crippen LogP contribution is 2.17. The highest BCUT2D eigenvalue weighted by atomic mass is 16.1. The largest absolute Gasteiger partial charge is 0.355 e. The second-order valence-corrected chi connectivity index (χ2v) is 5.48. The topological polar surface area (TPSA) is 57.3 Å². The zero-order valence-electron chi connectivity index (χ0n) is 13.3. The van der Waals surface area contributed by atoms with Crippen molar-refractivity contribution in [1.29, 1.82) is 0 Å². The molecule has 2 aromatic rings. The standard InChI is InChI=1S/C17H22N4O/c1-13-5-4-6-14(11-13)20-15-7-8-18-16(12-15)17(22)19-9-10-21(2)3/h4-8,11-12H,9-10H2,1-3H3,(H,18,20)(H,19,22). The maximum absolute atomic E-state index is 12.1. The molecule has 1 aromatic heterocycles. The number of likely N-dealkylation sites (N-methyl/N-ethyl adjacent to an activating group) is 1. The van der Waals surface area contributed by atoms with Crippen molar-refractivity contribution in [1.82, 2.24) is 15.2 Å². The summed E-state index contributed by atoms with van der Waals surface area (Å²) in [5.41, 5.74) is 3.43. The van der Waals surface area contributed by atoms with Crippen molar-refractivity contribution in [3.8, 4) is 0 Å². The first-order valence-corrected chi connectivity index (χ1v) is 7.27. The third-order valence-electron chi connectivity index (χ3n) is 3.14. The summed E-state index contributed by atoms with van der Waals surface area (Å²) in [7, 11) is 3.94. The number of amides is 1. The zero-order valence-corrected chi connectivity index (χ0v) is 13.3. The number of hydrogen-bond donors (Lipinski definition) is 2. The Morgan fingerprint density at radius 2 is 1.95 bits per heavy atom. The van der Waals surface area contributed by atoms with Gasteiger partial charge in [0.1, 0.15) is 5.69 Å².